The second-order valence-corrected chi connectivity index (χ2v) is 9.08. The van der Waals surface area contributed by atoms with Crippen molar-refractivity contribution in [3.8, 4) is 17.2 Å². The predicted molar refractivity (Wildman–Crippen MR) is 141 cm³/mol. The summed E-state index contributed by atoms with van der Waals surface area (Å²) in [6.07, 6.45) is 1.51. The minimum Gasteiger partial charge on any atom is -0.493 e. The number of hydrogen-bond donors (Lipinski definition) is 1. The third kappa shape index (κ3) is 5.72. The highest BCUT2D eigenvalue weighted by atomic mass is 79.9. The monoisotopic (exact) mass is 552 g/mol. The lowest BCUT2D eigenvalue weighted by molar-refractivity contribution is -0.118. The summed E-state index contributed by atoms with van der Waals surface area (Å²) in [4.78, 5) is 30.4. The van der Waals surface area contributed by atoms with Crippen LogP contribution < -0.4 is 20.5 Å². The third-order valence-electron chi connectivity index (χ3n) is 4.97. The van der Waals surface area contributed by atoms with E-state index >= 15 is 0 Å². The molecular formula is C25H21BrN4O4S. The van der Waals surface area contributed by atoms with Gasteiger partial charge in [0.05, 0.1) is 42.8 Å². The van der Waals surface area contributed by atoms with E-state index in [9.17, 15) is 9.59 Å². The van der Waals surface area contributed by atoms with Crippen LogP contribution in [0.25, 0.3) is 16.6 Å². The summed E-state index contributed by atoms with van der Waals surface area (Å²) >= 11 is 4.57. The molecule has 35 heavy (non-hydrogen) atoms. The highest BCUT2D eigenvalue weighted by Gasteiger charge is 2.14. The number of halogens is 1. The van der Waals surface area contributed by atoms with Crippen molar-refractivity contribution in [2.75, 3.05) is 20.0 Å². The maximum absolute atomic E-state index is 13.3. The van der Waals surface area contributed by atoms with E-state index in [0.29, 0.717) is 33.2 Å². The third-order valence-corrected chi connectivity index (χ3v) is 6.44. The van der Waals surface area contributed by atoms with E-state index in [1.54, 1.807) is 50.6 Å². The molecule has 0 aliphatic rings. The number of ether oxygens (including phenoxy) is 2. The number of rotatable bonds is 8. The van der Waals surface area contributed by atoms with Crippen LogP contribution in [0.2, 0.25) is 0 Å². The summed E-state index contributed by atoms with van der Waals surface area (Å²) in [5.74, 6) is 0.845. The summed E-state index contributed by atoms with van der Waals surface area (Å²) < 4.78 is 12.9. The molecule has 1 N–H and O–H groups in total. The maximum Gasteiger partial charge on any atom is 0.266 e. The van der Waals surface area contributed by atoms with E-state index in [-0.39, 0.29) is 17.2 Å². The van der Waals surface area contributed by atoms with Gasteiger partial charge in [-0.1, -0.05) is 39.8 Å². The highest BCUT2D eigenvalue weighted by Crippen LogP contribution is 2.27. The van der Waals surface area contributed by atoms with Crippen molar-refractivity contribution in [3.63, 3.8) is 0 Å². The Kier molecular flexibility index (Phi) is 7.84. The molecule has 0 bridgehead atoms. The second-order valence-electron chi connectivity index (χ2n) is 7.22. The highest BCUT2D eigenvalue weighted by molar-refractivity contribution is 9.10. The van der Waals surface area contributed by atoms with E-state index in [4.69, 9.17) is 9.47 Å². The molecule has 1 heterocycles. The Balaban J connectivity index is 1.52. The number of para-hydroxylation sites is 1. The molecule has 1 amide bonds. The largest absolute Gasteiger partial charge is 0.493 e. The van der Waals surface area contributed by atoms with Gasteiger partial charge in [-0.3, -0.25) is 14.2 Å². The Labute approximate surface area is 214 Å². The maximum atomic E-state index is 13.3. The number of hydrogen-bond acceptors (Lipinski definition) is 7. The first-order chi connectivity index (χ1) is 17.0. The molecule has 0 radical (unpaired) electrons. The standard InChI is InChI=1S/C25H21BrN4O4S/c1-33-21-12-7-16(13-22(21)34-2)14-27-29-23(31)15-35-25-28-20-6-4-3-5-19(20)24(32)30(25)18-10-8-17(26)9-11-18/h3-14H,15H2,1-2H3,(H,29,31). The van der Waals surface area contributed by atoms with Gasteiger partial charge >= 0.3 is 0 Å². The topological polar surface area (TPSA) is 94.8 Å². The molecule has 4 rings (SSSR count). The van der Waals surface area contributed by atoms with Gasteiger partial charge in [0.15, 0.2) is 16.7 Å². The zero-order valence-corrected chi connectivity index (χ0v) is 21.3. The van der Waals surface area contributed by atoms with Crippen molar-refractivity contribution >= 4 is 50.7 Å². The van der Waals surface area contributed by atoms with Crippen molar-refractivity contribution < 1.29 is 14.3 Å². The normalized spacial score (nSPS) is 11.1. The summed E-state index contributed by atoms with van der Waals surface area (Å²) in [6, 6.07) is 19.8. The summed E-state index contributed by atoms with van der Waals surface area (Å²) in [5, 5.41) is 4.93. The van der Waals surface area contributed by atoms with E-state index in [1.807, 2.05) is 30.3 Å². The number of benzene rings is 3. The van der Waals surface area contributed by atoms with Gasteiger partial charge < -0.3 is 9.47 Å². The SMILES string of the molecule is COc1ccc(C=NNC(=O)CSc2nc3ccccc3c(=O)n2-c2ccc(Br)cc2)cc1OC. The van der Waals surface area contributed by atoms with Crippen molar-refractivity contribution in [1.82, 2.24) is 15.0 Å². The van der Waals surface area contributed by atoms with Crippen molar-refractivity contribution in [1.29, 1.82) is 0 Å². The Morgan fingerprint density at radius 3 is 2.57 bits per heavy atom. The lowest BCUT2D eigenvalue weighted by atomic mass is 10.2. The number of carbonyl (C=O) groups is 1. The first-order valence-corrected chi connectivity index (χ1v) is 12.2. The van der Waals surface area contributed by atoms with E-state index in [1.165, 1.54) is 10.8 Å². The number of amides is 1. The van der Waals surface area contributed by atoms with Crippen molar-refractivity contribution in [2.24, 2.45) is 5.10 Å². The van der Waals surface area contributed by atoms with Gasteiger partial charge in [-0.05, 0) is 60.2 Å². The molecule has 10 heteroatoms. The second kappa shape index (κ2) is 11.2. The number of thioether (sulfide) groups is 1. The molecule has 1 aromatic heterocycles. The zero-order chi connectivity index (χ0) is 24.8. The van der Waals surface area contributed by atoms with Gasteiger partial charge in [0.2, 0.25) is 0 Å². The van der Waals surface area contributed by atoms with Crippen LogP contribution in [0, 0.1) is 0 Å². The zero-order valence-electron chi connectivity index (χ0n) is 18.9. The lowest BCUT2D eigenvalue weighted by Crippen LogP contribution is -2.24. The van der Waals surface area contributed by atoms with Crippen LogP contribution >= 0.6 is 27.7 Å². The average molecular weight is 553 g/mol. The van der Waals surface area contributed by atoms with Gasteiger partial charge in [-0.15, -0.1) is 0 Å². The molecule has 4 aromatic rings. The molecule has 0 atom stereocenters. The molecule has 0 saturated carbocycles. The summed E-state index contributed by atoms with van der Waals surface area (Å²) in [5.41, 5.74) is 4.26. The Morgan fingerprint density at radius 1 is 1.09 bits per heavy atom. The van der Waals surface area contributed by atoms with Crippen LogP contribution in [0.1, 0.15) is 5.56 Å². The Bertz CT molecular complexity index is 1450. The molecule has 0 spiro atoms. The first kappa shape index (κ1) is 24.5. The van der Waals surface area contributed by atoms with E-state index in [2.05, 4.69) is 31.4 Å². The number of aromatic nitrogens is 2. The lowest BCUT2D eigenvalue weighted by Gasteiger charge is -2.13. The van der Waals surface area contributed by atoms with Crippen LogP contribution in [0.4, 0.5) is 0 Å². The average Bonchev–Trinajstić information content (AvgIpc) is 2.88. The fraction of sp³-hybridized carbons (Fsp3) is 0.120. The molecule has 178 valence electrons. The van der Waals surface area contributed by atoms with Gasteiger partial charge in [-0.2, -0.15) is 5.10 Å². The first-order valence-electron chi connectivity index (χ1n) is 10.4. The van der Waals surface area contributed by atoms with E-state index in [0.717, 1.165) is 21.8 Å². The minimum atomic E-state index is -0.337. The fourth-order valence-electron chi connectivity index (χ4n) is 3.30. The van der Waals surface area contributed by atoms with Gasteiger partial charge in [0.1, 0.15) is 0 Å². The summed E-state index contributed by atoms with van der Waals surface area (Å²) in [7, 11) is 3.11. The fourth-order valence-corrected chi connectivity index (χ4v) is 4.37. The Hall–Kier alpha value is -3.63. The van der Waals surface area contributed by atoms with Crippen molar-refractivity contribution in [2.45, 2.75) is 5.16 Å². The number of methoxy groups -OCH3 is 2. The molecule has 0 saturated heterocycles. The van der Waals surface area contributed by atoms with Crippen molar-refractivity contribution in [3.05, 3.63) is 87.1 Å². The molecular weight excluding hydrogens is 532 g/mol. The molecule has 0 aliphatic heterocycles. The van der Waals surface area contributed by atoms with Crippen LogP contribution in [0.5, 0.6) is 11.5 Å². The smallest absolute Gasteiger partial charge is 0.266 e. The number of nitrogens with zero attached hydrogens (tertiary/aromatic N) is 3. The van der Waals surface area contributed by atoms with Gasteiger partial charge in [-0.25, -0.2) is 10.4 Å². The number of hydrazone groups is 1. The van der Waals surface area contributed by atoms with Crippen LogP contribution in [0.15, 0.2) is 86.3 Å². The van der Waals surface area contributed by atoms with Crippen LogP contribution in [-0.4, -0.2) is 41.6 Å². The summed E-state index contributed by atoms with van der Waals surface area (Å²) in [6.45, 7) is 0. The quantitative estimate of drug-likeness (QED) is 0.150. The minimum absolute atomic E-state index is 0.0184. The molecule has 0 aliphatic carbocycles. The number of nitrogens with one attached hydrogen (secondary N) is 1. The number of carbonyl (C=O) groups excluding carboxylic acids is 1. The Morgan fingerprint density at radius 2 is 1.83 bits per heavy atom. The van der Waals surface area contributed by atoms with Crippen LogP contribution in [0.3, 0.4) is 0 Å². The number of fused-ring (bicyclic) bond motifs is 1. The molecule has 3 aromatic carbocycles. The predicted octanol–water partition coefficient (Wildman–Crippen LogP) is 4.41. The van der Waals surface area contributed by atoms with Crippen LogP contribution in [-0.2, 0) is 4.79 Å². The molecule has 0 fully saturated rings. The van der Waals surface area contributed by atoms with E-state index < -0.39 is 0 Å². The van der Waals surface area contributed by atoms with Gasteiger partial charge in [0, 0.05) is 4.47 Å². The molecule has 8 nitrogen and oxygen atoms in total. The molecule has 0 unspecified atom stereocenters. The van der Waals surface area contributed by atoms with Gasteiger partial charge in [0.25, 0.3) is 11.5 Å².